The topological polar surface area (TPSA) is 18.5 Å². The van der Waals surface area contributed by atoms with E-state index in [1.165, 1.54) is 50.0 Å². The van der Waals surface area contributed by atoms with Gasteiger partial charge in [0.1, 0.15) is 0 Å². The SMILES string of the molecule is CCCCCCCSCCC[Si](C)(OCC)OCC. The number of thioether (sulfide) groups is 1. The van der Waals surface area contributed by atoms with Crippen molar-refractivity contribution in [2.24, 2.45) is 0 Å². The average molecular weight is 307 g/mol. The summed E-state index contributed by atoms with van der Waals surface area (Å²) < 4.78 is 11.7. The Bertz CT molecular complexity index is 185. The quantitative estimate of drug-likeness (QED) is 0.323. The first-order chi connectivity index (χ1) is 9.18. The van der Waals surface area contributed by atoms with Crippen molar-refractivity contribution in [3.63, 3.8) is 0 Å². The minimum Gasteiger partial charge on any atom is -0.395 e. The van der Waals surface area contributed by atoms with Crippen molar-refractivity contribution in [2.45, 2.75) is 71.9 Å². The van der Waals surface area contributed by atoms with Gasteiger partial charge in [0.25, 0.3) is 0 Å². The van der Waals surface area contributed by atoms with Crippen molar-refractivity contribution in [1.29, 1.82) is 0 Å². The normalized spacial score (nSPS) is 12.0. The molecule has 0 saturated heterocycles. The third kappa shape index (κ3) is 12.0. The number of rotatable bonds is 14. The van der Waals surface area contributed by atoms with Crippen molar-refractivity contribution in [2.75, 3.05) is 24.7 Å². The zero-order chi connectivity index (χ0) is 14.4. The van der Waals surface area contributed by atoms with Crippen LogP contribution in [0.2, 0.25) is 12.6 Å². The average Bonchev–Trinajstić information content (AvgIpc) is 2.37. The summed E-state index contributed by atoms with van der Waals surface area (Å²) >= 11 is 2.10. The Hall–Kier alpha value is 0.487. The summed E-state index contributed by atoms with van der Waals surface area (Å²) in [6.07, 6.45) is 8.18. The summed E-state index contributed by atoms with van der Waals surface area (Å²) in [5.41, 5.74) is 0. The van der Waals surface area contributed by atoms with E-state index in [2.05, 4.69) is 39.1 Å². The molecular weight excluding hydrogens is 272 g/mol. The highest BCUT2D eigenvalue weighted by Gasteiger charge is 2.29. The molecule has 0 heterocycles. The van der Waals surface area contributed by atoms with Gasteiger partial charge in [0.05, 0.1) is 0 Å². The fraction of sp³-hybridized carbons (Fsp3) is 1.00. The Balaban J connectivity index is 3.44. The molecule has 0 aliphatic rings. The maximum absolute atomic E-state index is 5.85. The first-order valence-electron chi connectivity index (χ1n) is 8.04. The van der Waals surface area contributed by atoms with Crippen LogP contribution in [0.1, 0.15) is 59.3 Å². The molecule has 19 heavy (non-hydrogen) atoms. The van der Waals surface area contributed by atoms with E-state index in [0.29, 0.717) is 0 Å². The van der Waals surface area contributed by atoms with Crippen LogP contribution in [-0.2, 0) is 8.85 Å². The Labute approximate surface area is 126 Å². The van der Waals surface area contributed by atoms with E-state index in [4.69, 9.17) is 8.85 Å². The molecule has 0 fully saturated rings. The van der Waals surface area contributed by atoms with Gasteiger partial charge < -0.3 is 8.85 Å². The lowest BCUT2D eigenvalue weighted by Gasteiger charge is -2.25. The molecule has 0 amide bonds. The van der Waals surface area contributed by atoms with Gasteiger partial charge in [0.15, 0.2) is 0 Å². The monoisotopic (exact) mass is 306 g/mol. The Morgan fingerprint density at radius 1 is 0.789 bits per heavy atom. The molecule has 0 N–H and O–H groups in total. The lowest BCUT2D eigenvalue weighted by molar-refractivity contribution is 0.189. The van der Waals surface area contributed by atoms with Gasteiger partial charge in [-0.1, -0.05) is 32.6 Å². The molecule has 0 spiro atoms. The van der Waals surface area contributed by atoms with Gasteiger partial charge in [0, 0.05) is 13.2 Å². The number of hydrogen-bond acceptors (Lipinski definition) is 3. The zero-order valence-corrected chi connectivity index (χ0v) is 15.3. The minimum atomic E-state index is -1.85. The van der Waals surface area contributed by atoms with Crippen LogP contribution >= 0.6 is 11.8 Å². The smallest absolute Gasteiger partial charge is 0.334 e. The molecule has 0 aromatic heterocycles. The van der Waals surface area contributed by atoms with E-state index in [1.54, 1.807) is 0 Å². The molecule has 2 nitrogen and oxygen atoms in total. The predicted octanol–water partition coefficient (Wildman–Crippen LogP) is 5.23. The molecule has 0 bridgehead atoms. The van der Waals surface area contributed by atoms with E-state index in [-0.39, 0.29) is 0 Å². The minimum absolute atomic E-state index is 0.785. The summed E-state index contributed by atoms with van der Waals surface area (Å²) in [7, 11) is -1.85. The summed E-state index contributed by atoms with van der Waals surface area (Å²) in [4.78, 5) is 0. The largest absolute Gasteiger partial charge is 0.395 e. The van der Waals surface area contributed by atoms with Gasteiger partial charge in [-0.15, -0.1) is 0 Å². The number of unbranched alkanes of at least 4 members (excludes halogenated alkanes) is 4. The summed E-state index contributed by atoms with van der Waals surface area (Å²) in [6, 6.07) is 1.14. The molecule has 4 heteroatoms. The molecule has 0 rings (SSSR count). The fourth-order valence-corrected chi connectivity index (χ4v) is 5.83. The van der Waals surface area contributed by atoms with Crippen molar-refractivity contribution in [3.8, 4) is 0 Å². The molecule has 0 aliphatic heterocycles. The van der Waals surface area contributed by atoms with E-state index >= 15 is 0 Å². The molecule has 0 aliphatic carbocycles. The first kappa shape index (κ1) is 19.5. The highest BCUT2D eigenvalue weighted by molar-refractivity contribution is 7.99. The van der Waals surface area contributed by atoms with Crippen LogP contribution in [-0.4, -0.2) is 33.3 Å². The molecular formula is C15H34O2SSi. The predicted molar refractivity (Wildman–Crippen MR) is 90.4 cm³/mol. The third-order valence-electron chi connectivity index (χ3n) is 3.21. The molecule has 116 valence electrons. The second-order valence-corrected chi connectivity index (χ2v) is 9.70. The molecule has 0 aromatic carbocycles. The van der Waals surface area contributed by atoms with Crippen molar-refractivity contribution >= 4 is 20.3 Å². The van der Waals surface area contributed by atoms with Gasteiger partial charge in [-0.3, -0.25) is 0 Å². The second kappa shape index (κ2) is 13.5. The van der Waals surface area contributed by atoms with Crippen LogP contribution in [0.5, 0.6) is 0 Å². The molecule has 0 atom stereocenters. The summed E-state index contributed by atoms with van der Waals surface area (Å²) in [5.74, 6) is 2.59. The summed E-state index contributed by atoms with van der Waals surface area (Å²) in [6.45, 7) is 10.2. The van der Waals surface area contributed by atoms with Crippen molar-refractivity contribution in [1.82, 2.24) is 0 Å². The Morgan fingerprint density at radius 2 is 1.37 bits per heavy atom. The van der Waals surface area contributed by atoms with E-state index in [9.17, 15) is 0 Å². The van der Waals surface area contributed by atoms with Gasteiger partial charge in [0.2, 0.25) is 0 Å². The summed E-state index contributed by atoms with van der Waals surface area (Å²) in [5, 5.41) is 0. The molecule has 0 saturated carbocycles. The van der Waals surface area contributed by atoms with Crippen LogP contribution in [0.3, 0.4) is 0 Å². The maximum Gasteiger partial charge on any atom is 0.334 e. The van der Waals surface area contributed by atoms with Crippen molar-refractivity contribution in [3.05, 3.63) is 0 Å². The Kier molecular flexibility index (Phi) is 13.8. The Morgan fingerprint density at radius 3 is 1.95 bits per heavy atom. The van der Waals surface area contributed by atoms with Crippen LogP contribution < -0.4 is 0 Å². The first-order valence-corrected chi connectivity index (χ1v) is 11.7. The van der Waals surface area contributed by atoms with E-state index in [0.717, 1.165) is 19.3 Å². The zero-order valence-electron chi connectivity index (χ0n) is 13.5. The molecule has 0 aromatic rings. The lowest BCUT2D eigenvalue weighted by atomic mass is 10.2. The van der Waals surface area contributed by atoms with Gasteiger partial charge in [-0.25, -0.2) is 0 Å². The van der Waals surface area contributed by atoms with Gasteiger partial charge in [-0.05, 0) is 50.8 Å². The highest BCUT2D eigenvalue weighted by Crippen LogP contribution is 2.18. The van der Waals surface area contributed by atoms with Gasteiger partial charge >= 0.3 is 8.56 Å². The molecule has 0 radical (unpaired) electrons. The van der Waals surface area contributed by atoms with Crippen LogP contribution in [0.15, 0.2) is 0 Å². The maximum atomic E-state index is 5.85. The third-order valence-corrected chi connectivity index (χ3v) is 7.43. The highest BCUT2D eigenvalue weighted by atomic mass is 32.2. The standard InChI is InChI=1S/C15H34O2SSi/c1-5-8-9-10-11-13-18-14-12-15-19(4,16-6-2)17-7-3/h5-15H2,1-4H3. The van der Waals surface area contributed by atoms with Crippen LogP contribution in [0.4, 0.5) is 0 Å². The second-order valence-electron chi connectivity index (χ2n) is 5.13. The van der Waals surface area contributed by atoms with Gasteiger partial charge in [-0.2, -0.15) is 11.8 Å². The number of hydrogen-bond donors (Lipinski definition) is 0. The fourth-order valence-electron chi connectivity index (χ4n) is 2.20. The van der Waals surface area contributed by atoms with Crippen molar-refractivity contribution < 1.29 is 8.85 Å². The van der Waals surface area contributed by atoms with E-state index < -0.39 is 8.56 Å². The lowest BCUT2D eigenvalue weighted by Crippen LogP contribution is -2.38. The van der Waals surface area contributed by atoms with Crippen LogP contribution in [0, 0.1) is 0 Å². The molecule has 0 unspecified atom stereocenters. The van der Waals surface area contributed by atoms with Crippen LogP contribution in [0.25, 0.3) is 0 Å². The van der Waals surface area contributed by atoms with E-state index in [1.807, 2.05) is 0 Å².